The summed E-state index contributed by atoms with van der Waals surface area (Å²) in [5.74, 6) is -0.937. The molecule has 2 aromatic rings. The molecule has 5 nitrogen and oxygen atoms in total. The van der Waals surface area contributed by atoms with Crippen molar-refractivity contribution in [3.63, 3.8) is 0 Å². The van der Waals surface area contributed by atoms with Crippen LogP contribution in [0.4, 0.5) is 18.9 Å². The molecule has 9 heteroatoms. The van der Waals surface area contributed by atoms with Crippen LogP contribution in [0.1, 0.15) is 15.9 Å². The molecule has 0 fully saturated rings. The molecule has 2 aromatic carbocycles. The van der Waals surface area contributed by atoms with Crippen LogP contribution < -0.4 is 10.0 Å². The number of hydrogen-bond acceptors (Lipinski definition) is 3. The summed E-state index contributed by atoms with van der Waals surface area (Å²) in [4.78, 5) is 11.5. The number of benzene rings is 2. The van der Waals surface area contributed by atoms with Crippen molar-refractivity contribution in [3.8, 4) is 0 Å². The van der Waals surface area contributed by atoms with Gasteiger partial charge in [0.25, 0.3) is 15.9 Å². The summed E-state index contributed by atoms with van der Waals surface area (Å²) in [7, 11) is -3.87. The zero-order valence-corrected chi connectivity index (χ0v) is 13.9. The number of amides is 1. The topological polar surface area (TPSA) is 75.3 Å². The lowest BCUT2D eigenvalue weighted by Gasteiger charge is -2.10. The smallest absolute Gasteiger partial charge is 0.343 e. The molecule has 0 aromatic heterocycles. The fraction of sp³-hybridized carbons (Fsp3) is 0.188. The molecule has 25 heavy (non-hydrogen) atoms. The Balaban J connectivity index is 2.10. The van der Waals surface area contributed by atoms with Crippen LogP contribution in [0.3, 0.4) is 0 Å². The van der Waals surface area contributed by atoms with E-state index in [0.717, 1.165) is 29.8 Å². The average Bonchev–Trinajstić information content (AvgIpc) is 2.54. The lowest BCUT2D eigenvalue weighted by Crippen LogP contribution is -2.33. The summed E-state index contributed by atoms with van der Waals surface area (Å²) in [5.41, 5.74) is 1.27. The van der Waals surface area contributed by atoms with Crippen molar-refractivity contribution in [2.75, 3.05) is 11.3 Å². The molecule has 1 amide bonds. The van der Waals surface area contributed by atoms with Gasteiger partial charge in [-0.15, -0.1) is 0 Å². The van der Waals surface area contributed by atoms with Crippen molar-refractivity contribution < 1.29 is 26.4 Å². The Kier molecular flexibility index (Phi) is 5.36. The number of hydrogen-bond donors (Lipinski definition) is 2. The minimum Gasteiger partial charge on any atom is -0.343 e. The number of alkyl halides is 3. The fourth-order valence-electron chi connectivity index (χ4n) is 1.90. The van der Waals surface area contributed by atoms with E-state index in [1.807, 2.05) is 6.92 Å². The van der Waals surface area contributed by atoms with Crippen LogP contribution in [0.5, 0.6) is 0 Å². The van der Waals surface area contributed by atoms with Gasteiger partial charge in [0.2, 0.25) is 0 Å². The maximum Gasteiger partial charge on any atom is 0.405 e. The Bertz CT molecular complexity index is 846. The molecular formula is C16H15F3N2O3S. The van der Waals surface area contributed by atoms with Gasteiger partial charge in [-0.05, 0) is 43.3 Å². The monoisotopic (exact) mass is 372 g/mol. The molecule has 0 aliphatic rings. The number of aryl methyl sites for hydroxylation is 1. The van der Waals surface area contributed by atoms with Crippen LogP contribution >= 0.6 is 0 Å². The molecule has 2 N–H and O–H groups in total. The lowest BCUT2D eigenvalue weighted by atomic mass is 10.2. The Labute approximate surface area is 142 Å². The molecular weight excluding hydrogens is 357 g/mol. The first kappa shape index (κ1) is 18.8. The number of anilines is 1. The first-order valence-corrected chi connectivity index (χ1v) is 8.60. The normalized spacial score (nSPS) is 11.8. The SMILES string of the molecule is Cc1ccc(NS(=O)(=O)c2ccc(C(=O)NCC(F)(F)F)cc2)cc1. The molecule has 2 rings (SSSR count). The number of carbonyl (C=O) groups is 1. The quantitative estimate of drug-likeness (QED) is 0.847. The third-order valence-corrected chi connectivity index (χ3v) is 4.58. The van der Waals surface area contributed by atoms with E-state index in [1.165, 1.54) is 0 Å². The molecule has 134 valence electrons. The Morgan fingerprint density at radius 3 is 2.08 bits per heavy atom. The van der Waals surface area contributed by atoms with Gasteiger partial charge in [0.15, 0.2) is 0 Å². The van der Waals surface area contributed by atoms with Crippen LogP contribution in [0.25, 0.3) is 0 Å². The van der Waals surface area contributed by atoms with Gasteiger partial charge < -0.3 is 5.32 Å². The predicted octanol–water partition coefficient (Wildman–Crippen LogP) is 3.09. The lowest BCUT2D eigenvalue weighted by molar-refractivity contribution is -0.123. The molecule has 0 atom stereocenters. The summed E-state index contributed by atoms with van der Waals surface area (Å²) in [6.07, 6.45) is -4.52. The minimum atomic E-state index is -4.52. The number of nitrogens with one attached hydrogen (secondary N) is 2. The minimum absolute atomic E-state index is 0.0708. The van der Waals surface area contributed by atoms with Crippen molar-refractivity contribution in [1.82, 2.24) is 5.32 Å². The zero-order valence-electron chi connectivity index (χ0n) is 13.1. The van der Waals surface area contributed by atoms with Crippen LogP contribution in [0, 0.1) is 6.92 Å². The zero-order chi connectivity index (χ0) is 18.7. The summed E-state index contributed by atoms with van der Waals surface area (Å²) in [5, 5.41) is 1.71. The highest BCUT2D eigenvalue weighted by atomic mass is 32.2. The van der Waals surface area contributed by atoms with Crippen LogP contribution in [-0.4, -0.2) is 27.0 Å². The Morgan fingerprint density at radius 2 is 1.56 bits per heavy atom. The maximum absolute atomic E-state index is 12.3. The van der Waals surface area contributed by atoms with Gasteiger partial charge in [0.05, 0.1) is 4.90 Å². The van der Waals surface area contributed by atoms with Crippen LogP contribution in [0.2, 0.25) is 0 Å². The van der Waals surface area contributed by atoms with Crippen molar-refractivity contribution in [3.05, 3.63) is 59.7 Å². The molecule has 0 saturated carbocycles. The second-order valence-corrected chi connectivity index (χ2v) is 6.98. The van der Waals surface area contributed by atoms with E-state index in [-0.39, 0.29) is 10.5 Å². The van der Waals surface area contributed by atoms with Gasteiger partial charge in [-0.2, -0.15) is 13.2 Å². The second-order valence-electron chi connectivity index (χ2n) is 5.29. The Hall–Kier alpha value is -2.55. The fourth-order valence-corrected chi connectivity index (χ4v) is 2.96. The maximum atomic E-state index is 12.3. The average molecular weight is 372 g/mol. The molecule has 0 aliphatic heterocycles. The summed E-state index contributed by atoms with van der Waals surface area (Å²) >= 11 is 0. The number of sulfonamides is 1. The molecule has 0 unspecified atom stereocenters. The van der Waals surface area contributed by atoms with E-state index in [1.54, 1.807) is 29.6 Å². The van der Waals surface area contributed by atoms with E-state index in [9.17, 15) is 26.4 Å². The largest absolute Gasteiger partial charge is 0.405 e. The molecule has 0 saturated heterocycles. The van der Waals surface area contributed by atoms with Gasteiger partial charge in [-0.1, -0.05) is 17.7 Å². The molecule has 0 radical (unpaired) electrons. The van der Waals surface area contributed by atoms with Crippen molar-refractivity contribution in [1.29, 1.82) is 0 Å². The highest BCUT2D eigenvalue weighted by Gasteiger charge is 2.28. The van der Waals surface area contributed by atoms with E-state index in [0.29, 0.717) is 5.69 Å². The highest BCUT2D eigenvalue weighted by Crippen LogP contribution is 2.17. The molecule has 0 heterocycles. The van der Waals surface area contributed by atoms with Crippen molar-refractivity contribution >= 4 is 21.6 Å². The van der Waals surface area contributed by atoms with E-state index >= 15 is 0 Å². The first-order valence-electron chi connectivity index (χ1n) is 7.11. The predicted molar refractivity (Wildman–Crippen MR) is 86.8 cm³/mol. The summed E-state index contributed by atoms with van der Waals surface area (Å²) in [6.45, 7) is 0.404. The van der Waals surface area contributed by atoms with Gasteiger partial charge in [0, 0.05) is 11.3 Å². The van der Waals surface area contributed by atoms with Crippen molar-refractivity contribution in [2.45, 2.75) is 18.0 Å². The molecule has 0 aliphatic carbocycles. The van der Waals surface area contributed by atoms with Crippen LogP contribution in [0.15, 0.2) is 53.4 Å². The van der Waals surface area contributed by atoms with Gasteiger partial charge in [-0.3, -0.25) is 9.52 Å². The van der Waals surface area contributed by atoms with E-state index in [4.69, 9.17) is 0 Å². The first-order chi connectivity index (χ1) is 11.6. The number of halogens is 3. The number of carbonyl (C=O) groups excluding carboxylic acids is 1. The third-order valence-electron chi connectivity index (χ3n) is 3.18. The van der Waals surface area contributed by atoms with Crippen LogP contribution in [-0.2, 0) is 10.0 Å². The summed E-state index contributed by atoms with van der Waals surface area (Å²) in [6, 6.07) is 11.3. The molecule has 0 spiro atoms. The highest BCUT2D eigenvalue weighted by molar-refractivity contribution is 7.92. The van der Waals surface area contributed by atoms with Gasteiger partial charge >= 0.3 is 6.18 Å². The van der Waals surface area contributed by atoms with Gasteiger partial charge in [-0.25, -0.2) is 8.42 Å². The third kappa shape index (κ3) is 5.49. The van der Waals surface area contributed by atoms with E-state index < -0.39 is 28.7 Å². The Morgan fingerprint density at radius 1 is 1.00 bits per heavy atom. The number of rotatable bonds is 5. The van der Waals surface area contributed by atoms with Gasteiger partial charge in [0.1, 0.15) is 6.54 Å². The standard InChI is InChI=1S/C16H15F3N2O3S/c1-11-2-6-13(7-3-11)21-25(23,24)14-8-4-12(5-9-14)15(22)20-10-16(17,18)19/h2-9,21H,10H2,1H3,(H,20,22). The second kappa shape index (κ2) is 7.14. The molecule has 0 bridgehead atoms. The van der Waals surface area contributed by atoms with Crippen molar-refractivity contribution in [2.24, 2.45) is 0 Å². The summed E-state index contributed by atoms with van der Waals surface area (Å²) < 4.78 is 63.2. The van der Waals surface area contributed by atoms with E-state index in [2.05, 4.69) is 4.72 Å².